The number of nitrogens with zero attached hydrogens (tertiary/aromatic N) is 1. The van der Waals surface area contributed by atoms with Gasteiger partial charge in [0.1, 0.15) is 5.76 Å². The smallest absolute Gasteiger partial charge is 0.253 e. The number of hydrogen-bond acceptors (Lipinski definition) is 4. The number of rotatable bonds is 7. The first-order valence-electron chi connectivity index (χ1n) is 9.84. The van der Waals surface area contributed by atoms with Crippen molar-refractivity contribution >= 4 is 28.3 Å². The Kier molecular flexibility index (Phi) is 5.36. The Labute approximate surface area is 169 Å². The SMILES string of the molecule is CN(C)C(CNC(=O)c1cc2ccccc2cc1NC(=O)C1CC1)c1ccco1. The van der Waals surface area contributed by atoms with Crippen LogP contribution < -0.4 is 10.6 Å². The number of carbonyl (C=O) groups is 2. The van der Waals surface area contributed by atoms with E-state index in [1.165, 1.54) is 0 Å². The van der Waals surface area contributed by atoms with Gasteiger partial charge in [-0.25, -0.2) is 0 Å². The molecule has 0 radical (unpaired) electrons. The van der Waals surface area contributed by atoms with Crippen molar-refractivity contribution in [1.82, 2.24) is 10.2 Å². The molecule has 2 amide bonds. The number of hydrogen-bond donors (Lipinski definition) is 2. The van der Waals surface area contributed by atoms with E-state index in [1.54, 1.807) is 6.26 Å². The van der Waals surface area contributed by atoms with Gasteiger partial charge >= 0.3 is 0 Å². The van der Waals surface area contributed by atoms with Crippen LogP contribution in [0.4, 0.5) is 5.69 Å². The van der Waals surface area contributed by atoms with Crippen LogP contribution in [0.1, 0.15) is 35.0 Å². The molecule has 3 aromatic rings. The third kappa shape index (κ3) is 4.32. The van der Waals surface area contributed by atoms with Gasteiger partial charge in [0.2, 0.25) is 5.91 Å². The Morgan fingerprint density at radius 3 is 2.45 bits per heavy atom. The molecule has 1 heterocycles. The molecule has 1 unspecified atom stereocenters. The normalized spacial score (nSPS) is 14.7. The second kappa shape index (κ2) is 8.09. The summed E-state index contributed by atoms with van der Waals surface area (Å²) in [5.74, 6) is 0.613. The van der Waals surface area contributed by atoms with Gasteiger partial charge in [0.25, 0.3) is 5.91 Å². The molecule has 2 aromatic carbocycles. The van der Waals surface area contributed by atoms with E-state index in [4.69, 9.17) is 4.42 Å². The van der Waals surface area contributed by atoms with Crippen molar-refractivity contribution in [3.8, 4) is 0 Å². The molecule has 6 nitrogen and oxygen atoms in total. The Hall–Kier alpha value is -3.12. The minimum atomic E-state index is -0.222. The Balaban J connectivity index is 1.58. The van der Waals surface area contributed by atoms with Crippen molar-refractivity contribution in [2.24, 2.45) is 5.92 Å². The number of furan rings is 1. The van der Waals surface area contributed by atoms with Crippen LogP contribution in [-0.4, -0.2) is 37.4 Å². The highest BCUT2D eigenvalue weighted by Crippen LogP contribution is 2.32. The van der Waals surface area contributed by atoms with E-state index in [0.29, 0.717) is 17.8 Å². The van der Waals surface area contributed by atoms with Crippen LogP contribution in [-0.2, 0) is 4.79 Å². The molecular formula is C23H25N3O3. The molecule has 1 aromatic heterocycles. The average Bonchev–Trinajstić information content (AvgIpc) is 3.43. The van der Waals surface area contributed by atoms with E-state index in [1.807, 2.05) is 67.5 Å². The van der Waals surface area contributed by atoms with E-state index in [-0.39, 0.29) is 23.8 Å². The van der Waals surface area contributed by atoms with Gasteiger partial charge in [-0.05, 0) is 62.0 Å². The second-order valence-electron chi connectivity index (χ2n) is 7.71. The number of amides is 2. The van der Waals surface area contributed by atoms with Crippen LogP contribution in [0.25, 0.3) is 10.8 Å². The first-order chi connectivity index (χ1) is 14.0. The van der Waals surface area contributed by atoms with E-state index in [9.17, 15) is 9.59 Å². The molecule has 1 aliphatic rings. The van der Waals surface area contributed by atoms with E-state index in [2.05, 4.69) is 10.6 Å². The van der Waals surface area contributed by atoms with Crippen LogP contribution in [0, 0.1) is 5.92 Å². The standard InChI is InChI=1S/C23H25N3O3/c1-26(2)20(21-8-5-11-29-21)14-24-23(28)18-12-16-6-3-4-7-17(16)13-19(18)25-22(27)15-9-10-15/h3-8,11-13,15,20H,9-10,14H2,1-2H3,(H,24,28)(H,25,27). The number of anilines is 1. The summed E-state index contributed by atoms with van der Waals surface area (Å²) in [6.07, 6.45) is 3.45. The first kappa shape index (κ1) is 19.2. The fourth-order valence-corrected chi connectivity index (χ4v) is 3.42. The quantitative estimate of drug-likeness (QED) is 0.642. The molecule has 6 heteroatoms. The van der Waals surface area contributed by atoms with Crippen molar-refractivity contribution in [3.63, 3.8) is 0 Å². The fourth-order valence-electron chi connectivity index (χ4n) is 3.42. The molecule has 1 saturated carbocycles. The molecule has 0 bridgehead atoms. The predicted molar refractivity (Wildman–Crippen MR) is 113 cm³/mol. The number of nitrogens with one attached hydrogen (secondary N) is 2. The molecule has 150 valence electrons. The molecule has 1 aliphatic carbocycles. The molecular weight excluding hydrogens is 366 g/mol. The summed E-state index contributed by atoms with van der Waals surface area (Å²) in [6.45, 7) is 0.391. The zero-order chi connectivity index (χ0) is 20.4. The number of carbonyl (C=O) groups excluding carboxylic acids is 2. The molecule has 0 spiro atoms. The topological polar surface area (TPSA) is 74.6 Å². The largest absolute Gasteiger partial charge is 0.468 e. The van der Waals surface area contributed by atoms with Gasteiger partial charge in [0, 0.05) is 12.5 Å². The molecule has 0 aliphatic heterocycles. The zero-order valence-electron chi connectivity index (χ0n) is 16.6. The van der Waals surface area contributed by atoms with E-state index < -0.39 is 0 Å². The molecule has 1 fully saturated rings. The average molecular weight is 391 g/mol. The lowest BCUT2D eigenvalue weighted by atomic mass is 10.0. The second-order valence-corrected chi connectivity index (χ2v) is 7.71. The summed E-state index contributed by atoms with van der Waals surface area (Å²) >= 11 is 0. The predicted octanol–water partition coefficient (Wildman–Crippen LogP) is 3.81. The molecule has 2 N–H and O–H groups in total. The zero-order valence-corrected chi connectivity index (χ0v) is 16.6. The maximum Gasteiger partial charge on any atom is 0.253 e. The van der Waals surface area contributed by atoms with Gasteiger partial charge in [0.15, 0.2) is 0 Å². The van der Waals surface area contributed by atoms with Crippen LogP contribution in [0.2, 0.25) is 0 Å². The van der Waals surface area contributed by atoms with Gasteiger partial charge in [-0.2, -0.15) is 0 Å². The lowest BCUT2D eigenvalue weighted by molar-refractivity contribution is -0.117. The van der Waals surface area contributed by atoms with Crippen LogP contribution in [0.3, 0.4) is 0 Å². The van der Waals surface area contributed by atoms with Gasteiger partial charge in [-0.15, -0.1) is 0 Å². The van der Waals surface area contributed by atoms with Gasteiger partial charge in [0.05, 0.1) is 23.6 Å². The molecule has 1 atom stereocenters. The highest BCUT2D eigenvalue weighted by atomic mass is 16.3. The number of fused-ring (bicyclic) bond motifs is 1. The lowest BCUT2D eigenvalue weighted by Crippen LogP contribution is -2.34. The monoisotopic (exact) mass is 391 g/mol. The summed E-state index contributed by atoms with van der Waals surface area (Å²) in [7, 11) is 3.88. The highest BCUT2D eigenvalue weighted by Gasteiger charge is 2.30. The van der Waals surface area contributed by atoms with Crippen molar-refractivity contribution in [3.05, 3.63) is 66.1 Å². The van der Waals surface area contributed by atoms with Gasteiger partial charge < -0.3 is 15.1 Å². The molecule has 0 saturated heterocycles. The Morgan fingerprint density at radius 2 is 1.83 bits per heavy atom. The molecule has 4 rings (SSSR count). The van der Waals surface area contributed by atoms with Crippen LogP contribution >= 0.6 is 0 Å². The third-order valence-electron chi connectivity index (χ3n) is 5.29. The third-order valence-corrected chi connectivity index (χ3v) is 5.29. The maximum atomic E-state index is 13.1. The van der Waals surface area contributed by atoms with Crippen molar-refractivity contribution in [1.29, 1.82) is 0 Å². The summed E-state index contributed by atoms with van der Waals surface area (Å²) in [5, 5.41) is 7.89. The van der Waals surface area contributed by atoms with Crippen molar-refractivity contribution in [2.45, 2.75) is 18.9 Å². The minimum Gasteiger partial charge on any atom is -0.468 e. The van der Waals surface area contributed by atoms with Crippen LogP contribution in [0.15, 0.2) is 59.2 Å². The Morgan fingerprint density at radius 1 is 1.10 bits per heavy atom. The lowest BCUT2D eigenvalue weighted by Gasteiger charge is -2.23. The van der Waals surface area contributed by atoms with E-state index >= 15 is 0 Å². The van der Waals surface area contributed by atoms with Crippen molar-refractivity contribution < 1.29 is 14.0 Å². The first-order valence-corrected chi connectivity index (χ1v) is 9.84. The van der Waals surface area contributed by atoms with Crippen LogP contribution in [0.5, 0.6) is 0 Å². The van der Waals surface area contributed by atoms with Gasteiger partial charge in [-0.1, -0.05) is 24.3 Å². The fraction of sp³-hybridized carbons (Fsp3) is 0.304. The van der Waals surface area contributed by atoms with Gasteiger partial charge in [-0.3, -0.25) is 14.5 Å². The number of benzene rings is 2. The maximum absolute atomic E-state index is 13.1. The number of likely N-dealkylation sites (N-methyl/N-ethyl adjacent to an activating group) is 1. The summed E-state index contributed by atoms with van der Waals surface area (Å²) < 4.78 is 5.51. The minimum absolute atomic E-state index is 0.0175. The summed E-state index contributed by atoms with van der Waals surface area (Å²) in [6, 6.07) is 15.2. The van der Waals surface area contributed by atoms with E-state index in [0.717, 1.165) is 29.4 Å². The molecule has 29 heavy (non-hydrogen) atoms. The summed E-state index contributed by atoms with van der Waals surface area (Å²) in [5.41, 5.74) is 1.02. The Bertz CT molecular complexity index is 1020. The van der Waals surface area contributed by atoms with Crippen molar-refractivity contribution in [2.75, 3.05) is 26.0 Å². The highest BCUT2D eigenvalue weighted by molar-refractivity contribution is 6.08. The summed E-state index contributed by atoms with van der Waals surface area (Å²) in [4.78, 5) is 27.4.